The van der Waals surface area contributed by atoms with Gasteiger partial charge in [-0.2, -0.15) is 0 Å². The largest absolute Gasteiger partial charge is 0.385 e. The highest BCUT2D eigenvalue weighted by Gasteiger charge is 2.36. The van der Waals surface area contributed by atoms with Gasteiger partial charge in [0.1, 0.15) is 0 Å². The maximum Gasteiger partial charge on any atom is 0.191 e. The zero-order valence-corrected chi connectivity index (χ0v) is 12.3. The number of nitrogens with one attached hydrogen (secondary N) is 2. The Morgan fingerprint density at radius 1 is 1.37 bits per heavy atom. The van der Waals surface area contributed by atoms with E-state index in [2.05, 4.69) is 15.6 Å². The van der Waals surface area contributed by atoms with Gasteiger partial charge in [0.2, 0.25) is 0 Å². The number of nitrogens with zero attached hydrogens (tertiary/aromatic N) is 1. The van der Waals surface area contributed by atoms with Crippen LogP contribution < -0.4 is 10.6 Å². The fraction of sp³-hybridized carbons (Fsp3) is 0.929. The van der Waals surface area contributed by atoms with Crippen molar-refractivity contribution in [2.75, 3.05) is 40.0 Å². The molecule has 1 saturated carbocycles. The van der Waals surface area contributed by atoms with Crippen molar-refractivity contribution in [3.63, 3.8) is 0 Å². The maximum atomic E-state index is 12.1. The van der Waals surface area contributed by atoms with E-state index in [0.29, 0.717) is 18.4 Å². The molecule has 0 aliphatic heterocycles. The number of rotatable bonds is 9. The van der Waals surface area contributed by atoms with Gasteiger partial charge in [0, 0.05) is 33.4 Å². The molecule has 0 aromatic carbocycles. The number of methoxy groups -OCH3 is 1. The zero-order chi connectivity index (χ0) is 14.0. The van der Waals surface area contributed by atoms with Crippen LogP contribution in [0.2, 0.25) is 0 Å². The van der Waals surface area contributed by atoms with Crippen molar-refractivity contribution in [2.45, 2.75) is 39.0 Å². The third kappa shape index (κ3) is 5.76. The van der Waals surface area contributed by atoms with Crippen LogP contribution in [0.4, 0.5) is 4.39 Å². The third-order valence-electron chi connectivity index (χ3n) is 3.77. The van der Waals surface area contributed by atoms with E-state index in [1.54, 1.807) is 7.11 Å². The molecule has 112 valence electrons. The summed E-state index contributed by atoms with van der Waals surface area (Å²) in [6.45, 7) is 4.85. The van der Waals surface area contributed by atoms with E-state index in [1.165, 1.54) is 19.3 Å². The lowest BCUT2D eigenvalue weighted by atomic mass is 9.67. The molecule has 0 unspecified atom stereocenters. The number of aliphatic imine (C=N–C) groups is 1. The Hall–Kier alpha value is -0.840. The second-order valence-electron chi connectivity index (χ2n) is 5.26. The van der Waals surface area contributed by atoms with Gasteiger partial charge in [-0.05, 0) is 38.0 Å². The van der Waals surface area contributed by atoms with Crippen LogP contribution in [0.25, 0.3) is 0 Å². The van der Waals surface area contributed by atoms with Crippen molar-refractivity contribution in [3.8, 4) is 0 Å². The van der Waals surface area contributed by atoms with Gasteiger partial charge in [-0.1, -0.05) is 6.42 Å². The molecule has 4 nitrogen and oxygen atoms in total. The molecule has 0 amide bonds. The Morgan fingerprint density at radius 2 is 2.16 bits per heavy atom. The van der Waals surface area contributed by atoms with E-state index in [9.17, 15) is 4.39 Å². The van der Waals surface area contributed by atoms with Gasteiger partial charge < -0.3 is 15.4 Å². The van der Waals surface area contributed by atoms with Crippen molar-refractivity contribution in [1.82, 2.24) is 10.6 Å². The summed E-state index contributed by atoms with van der Waals surface area (Å²) >= 11 is 0. The predicted molar refractivity (Wildman–Crippen MR) is 77.4 cm³/mol. The molecule has 0 radical (unpaired) electrons. The van der Waals surface area contributed by atoms with E-state index in [-0.39, 0.29) is 6.67 Å². The summed E-state index contributed by atoms with van der Waals surface area (Å²) < 4.78 is 17.3. The number of halogens is 1. The lowest BCUT2D eigenvalue weighted by molar-refractivity contribution is 0.0778. The van der Waals surface area contributed by atoms with Crippen LogP contribution >= 0.6 is 0 Å². The normalized spacial score (nSPS) is 17.9. The summed E-state index contributed by atoms with van der Waals surface area (Å²) in [6.07, 6.45) is 5.38. The summed E-state index contributed by atoms with van der Waals surface area (Å²) in [5, 5.41) is 6.37. The van der Waals surface area contributed by atoms with Crippen molar-refractivity contribution in [3.05, 3.63) is 0 Å². The molecule has 2 N–H and O–H groups in total. The van der Waals surface area contributed by atoms with Crippen LogP contribution in [-0.4, -0.2) is 46.0 Å². The topological polar surface area (TPSA) is 45.7 Å². The molecule has 19 heavy (non-hydrogen) atoms. The monoisotopic (exact) mass is 273 g/mol. The smallest absolute Gasteiger partial charge is 0.191 e. The average Bonchev–Trinajstić information content (AvgIpc) is 2.37. The van der Waals surface area contributed by atoms with E-state index in [0.717, 1.165) is 32.1 Å². The first-order valence-electron chi connectivity index (χ1n) is 7.33. The van der Waals surface area contributed by atoms with E-state index >= 15 is 0 Å². The number of ether oxygens (including phenoxy) is 1. The number of alkyl halides is 1. The Morgan fingerprint density at radius 3 is 2.68 bits per heavy atom. The predicted octanol–water partition coefficient (Wildman–Crippen LogP) is 2.11. The summed E-state index contributed by atoms with van der Waals surface area (Å²) in [4.78, 5) is 4.65. The van der Waals surface area contributed by atoms with Crippen molar-refractivity contribution in [2.24, 2.45) is 10.4 Å². The number of hydrogen-bond acceptors (Lipinski definition) is 2. The molecule has 0 bridgehead atoms. The highest BCUT2D eigenvalue weighted by molar-refractivity contribution is 5.79. The molecule has 1 rings (SSSR count). The molecule has 0 aromatic heterocycles. The maximum absolute atomic E-state index is 12.1. The molecule has 0 spiro atoms. The molecule has 1 fully saturated rings. The zero-order valence-electron chi connectivity index (χ0n) is 12.3. The van der Waals surface area contributed by atoms with Crippen molar-refractivity contribution >= 4 is 5.96 Å². The Labute approximate surface area is 116 Å². The highest BCUT2D eigenvalue weighted by atomic mass is 19.1. The molecule has 0 aromatic rings. The number of hydrogen-bond donors (Lipinski definition) is 2. The molecule has 0 saturated heterocycles. The first kappa shape index (κ1) is 16.2. The Balaban J connectivity index is 2.42. The second-order valence-corrected chi connectivity index (χ2v) is 5.26. The van der Waals surface area contributed by atoms with E-state index in [4.69, 9.17) is 4.74 Å². The van der Waals surface area contributed by atoms with Gasteiger partial charge in [0.15, 0.2) is 5.96 Å². The van der Waals surface area contributed by atoms with Crippen molar-refractivity contribution in [1.29, 1.82) is 0 Å². The van der Waals surface area contributed by atoms with Crippen LogP contribution in [0, 0.1) is 5.41 Å². The minimum Gasteiger partial charge on any atom is -0.385 e. The third-order valence-corrected chi connectivity index (χ3v) is 3.77. The minimum absolute atomic E-state index is 0.288. The van der Waals surface area contributed by atoms with E-state index in [1.807, 2.05) is 6.92 Å². The van der Waals surface area contributed by atoms with Gasteiger partial charge in [0.05, 0.1) is 6.67 Å². The van der Waals surface area contributed by atoms with Crippen molar-refractivity contribution < 1.29 is 9.13 Å². The van der Waals surface area contributed by atoms with Crippen LogP contribution in [-0.2, 0) is 4.74 Å². The Kier molecular flexibility index (Phi) is 7.79. The summed E-state index contributed by atoms with van der Waals surface area (Å²) in [5.41, 5.74) is 0.332. The summed E-state index contributed by atoms with van der Waals surface area (Å²) in [5.74, 6) is 0.805. The first-order valence-corrected chi connectivity index (χ1v) is 7.33. The SMILES string of the molecule is CCNC(=NCC1(CCOC)CCC1)NCCCF. The minimum atomic E-state index is -0.288. The van der Waals surface area contributed by atoms with Crippen LogP contribution in [0.3, 0.4) is 0 Å². The Bertz CT molecular complexity index is 267. The van der Waals surface area contributed by atoms with Gasteiger partial charge in [0.25, 0.3) is 0 Å². The lowest BCUT2D eigenvalue weighted by Gasteiger charge is -2.40. The average molecular weight is 273 g/mol. The van der Waals surface area contributed by atoms with Gasteiger partial charge >= 0.3 is 0 Å². The molecule has 0 heterocycles. The quantitative estimate of drug-likeness (QED) is 0.384. The molecular weight excluding hydrogens is 245 g/mol. The standard InChI is InChI=1S/C14H28FN3O/c1-3-16-13(17-10-5-9-15)18-12-14(6-4-7-14)8-11-19-2/h3-12H2,1-2H3,(H2,16,17,18). The molecule has 1 aliphatic carbocycles. The second kappa shape index (κ2) is 9.13. The fourth-order valence-corrected chi connectivity index (χ4v) is 2.34. The van der Waals surface area contributed by atoms with Crippen LogP contribution in [0.1, 0.15) is 39.0 Å². The molecular formula is C14H28FN3O. The van der Waals surface area contributed by atoms with E-state index < -0.39 is 0 Å². The molecule has 5 heteroatoms. The molecule has 1 aliphatic rings. The summed E-state index contributed by atoms with van der Waals surface area (Å²) in [6, 6.07) is 0. The fourth-order valence-electron chi connectivity index (χ4n) is 2.34. The van der Waals surface area contributed by atoms with Crippen LogP contribution in [0.15, 0.2) is 4.99 Å². The first-order chi connectivity index (χ1) is 9.26. The van der Waals surface area contributed by atoms with Gasteiger partial charge in [-0.3, -0.25) is 9.38 Å². The van der Waals surface area contributed by atoms with Crippen LogP contribution in [0.5, 0.6) is 0 Å². The highest BCUT2D eigenvalue weighted by Crippen LogP contribution is 2.44. The molecule has 0 atom stereocenters. The van der Waals surface area contributed by atoms with Gasteiger partial charge in [-0.25, -0.2) is 0 Å². The number of guanidine groups is 1. The summed E-state index contributed by atoms with van der Waals surface area (Å²) in [7, 11) is 1.75. The van der Waals surface area contributed by atoms with Gasteiger partial charge in [-0.15, -0.1) is 0 Å². The lowest BCUT2D eigenvalue weighted by Crippen LogP contribution is -2.40.